The quantitative estimate of drug-likeness (QED) is 0.723. The van der Waals surface area contributed by atoms with E-state index in [2.05, 4.69) is 30.6 Å². The summed E-state index contributed by atoms with van der Waals surface area (Å²) in [5, 5.41) is 3.27. The smallest absolute Gasteiger partial charge is 0.257 e. The van der Waals surface area contributed by atoms with Crippen molar-refractivity contribution in [3.05, 3.63) is 51.3 Å². The molecule has 0 unspecified atom stereocenters. The zero-order chi connectivity index (χ0) is 14.8. The molecule has 4 nitrogen and oxygen atoms in total. The van der Waals surface area contributed by atoms with Gasteiger partial charge < -0.3 is 0 Å². The van der Waals surface area contributed by atoms with Gasteiger partial charge in [-0.1, -0.05) is 15.9 Å². The van der Waals surface area contributed by atoms with E-state index in [1.54, 1.807) is 23.5 Å². The fourth-order valence-electron chi connectivity index (χ4n) is 1.70. The van der Waals surface area contributed by atoms with Crippen LogP contribution in [0, 0.1) is 6.92 Å². The van der Waals surface area contributed by atoms with Crippen molar-refractivity contribution in [3.63, 3.8) is 0 Å². The maximum Gasteiger partial charge on any atom is 0.257 e. The Bertz CT molecular complexity index is 780. The molecule has 1 N–H and O–H groups in total. The van der Waals surface area contributed by atoms with Crippen LogP contribution in [-0.2, 0) is 0 Å². The predicted octanol–water partition coefficient (Wildman–Crippen LogP) is 4.59. The number of benzene rings is 1. The van der Waals surface area contributed by atoms with Crippen LogP contribution in [0.3, 0.4) is 0 Å². The number of carbonyl (C=O) groups is 1. The summed E-state index contributed by atoms with van der Waals surface area (Å²) in [6.07, 6.45) is 0. The molecule has 3 rings (SSSR count). The molecule has 0 bridgehead atoms. The number of hydrogen-bond donors (Lipinski definition) is 1. The molecule has 0 atom stereocenters. The molecule has 1 amide bonds. The Labute approximate surface area is 138 Å². The van der Waals surface area contributed by atoms with Gasteiger partial charge in [0, 0.05) is 26.4 Å². The summed E-state index contributed by atoms with van der Waals surface area (Å²) in [7, 11) is 0. The molecular weight excluding hydrogens is 370 g/mol. The Balaban J connectivity index is 1.75. The van der Waals surface area contributed by atoms with E-state index in [4.69, 9.17) is 0 Å². The first kappa shape index (κ1) is 14.4. The van der Waals surface area contributed by atoms with Crippen LogP contribution in [0.15, 0.2) is 40.9 Å². The Hall–Kier alpha value is -1.57. The Morgan fingerprint density at radius 1 is 1.19 bits per heavy atom. The standard InChI is InChI=1S/C14H10BrN3OS2/c1-8-2-7-11(20-8)12-16-14(21-18-12)17-13(19)9-3-5-10(15)6-4-9/h2-7H,1H3,(H,16,17,18,19). The van der Waals surface area contributed by atoms with Crippen LogP contribution in [0.5, 0.6) is 0 Å². The molecule has 0 fully saturated rings. The second-order valence-corrected chi connectivity index (χ2v) is 7.25. The molecule has 0 aliphatic rings. The number of nitrogens with one attached hydrogen (secondary N) is 1. The number of halogens is 1. The van der Waals surface area contributed by atoms with E-state index in [0.29, 0.717) is 16.5 Å². The van der Waals surface area contributed by atoms with E-state index in [1.165, 1.54) is 16.4 Å². The number of amides is 1. The molecule has 2 aromatic heterocycles. The van der Waals surface area contributed by atoms with Crippen molar-refractivity contribution in [1.82, 2.24) is 9.36 Å². The van der Waals surface area contributed by atoms with Gasteiger partial charge in [-0.25, -0.2) is 0 Å². The maximum atomic E-state index is 12.1. The highest BCUT2D eigenvalue weighted by atomic mass is 79.9. The van der Waals surface area contributed by atoms with Crippen LogP contribution < -0.4 is 5.32 Å². The summed E-state index contributed by atoms with van der Waals surface area (Å²) in [5.41, 5.74) is 0.585. The largest absolute Gasteiger partial charge is 0.297 e. The van der Waals surface area contributed by atoms with Gasteiger partial charge in [-0.2, -0.15) is 9.36 Å². The lowest BCUT2D eigenvalue weighted by atomic mass is 10.2. The highest BCUT2D eigenvalue weighted by Gasteiger charge is 2.12. The number of thiophene rings is 1. The average Bonchev–Trinajstić information content (AvgIpc) is 3.08. The van der Waals surface area contributed by atoms with E-state index < -0.39 is 0 Å². The molecule has 7 heteroatoms. The van der Waals surface area contributed by atoms with Gasteiger partial charge in [-0.15, -0.1) is 11.3 Å². The van der Waals surface area contributed by atoms with Gasteiger partial charge in [0.05, 0.1) is 4.88 Å². The van der Waals surface area contributed by atoms with E-state index in [1.807, 2.05) is 31.2 Å². The molecule has 0 saturated carbocycles. The van der Waals surface area contributed by atoms with Crippen LogP contribution in [-0.4, -0.2) is 15.3 Å². The van der Waals surface area contributed by atoms with Crippen LogP contribution in [0.2, 0.25) is 0 Å². The topological polar surface area (TPSA) is 54.9 Å². The fourth-order valence-corrected chi connectivity index (χ4v) is 3.40. The van der Waals surface area contributed by atoms with Crippen molar-refractivity contribution in [2.24, 2.45) is 0 Å². The summed E-state index contributed by atoms with van der Waals surface area (Å²) in [4.78, 5) is 18.7. The Morgan fingerprint density at radius 2 is 1.95 bits per heavy atom. The van der Waals surface area contributed by atoms with E-state index in [-0.39, 0.29) is 5.91 Å². The first-order valence-electron chi connectivity index (χ1n) is 6.09. The zero-order valence-electron chi connectivity index (χ0n) is 11.0. The maximum absolute atomic E-state index is 12.1. The van der Waals surface area contributed by atoms with Crippen molar-refractivity contribution < 1.29 is 4.79 Å². The van der Waals surface area contributed by atoms with Crippen LogP contribution in [0.4, 0.5) is 5.13 Å². The molecule has 1 aromatic carbocycles. The van der Waals surface area contributed by atoms with Crippen LogP contribution >= 0.6 is 38.8 Å². The lowest BCUT2D eigenvalue weighted by Gasteiger charge is -2.00. The van der Waals surface area contributed by atoms with Gasteiger partial charge in [0.15, 0.2) is 5.82 Å². The van der Waals surface area contributed by atoms with Gasteiger partial charge in [-0.3, -0.25) is 10.1 Å². The number of rotatable bonds is 3. The van der Waals surface area contributed by atoms with Crippen LogP contribution in [0.25, 0.3) is 10.7 Å². The third-order valence-corrected chi connectivity index (χ3v) is 4.87. The molecule has 0 saturated heterocycles. The SMILES string of the molecule is Cc1ccc(-c2nsc(NC(=O)c3ccc(Br)cc3)n2)s1. The van der Waals surface area contributed by atoms with Crippen molar-refractivity contribution in [2.45, 2.75) is 6.92 Å². The predicted molar refractivity (Wildman–Crippen MR) is 90.1 cm³/mol. The number of hydrogen-bond acceptors (Lipinski definition) is 5. The molecule has 0 aliphatic heterocycles. The monoisotopic (exact) mass is 379 g/mol. The summed E-state index contributed by atoms with van der Waals surface area (Å²) in [5.74, 6) is 0.469. The third kappa shape index (κ3) is 3.37. The second kappa shape index (κ2) is 6.05. The van der Waals surface area contributed by atoms with Gasteiger partial charge in [0.2, 0.25) is 5.13 Å². The van der Waals surface area contributed by atoms with Crippen molar-refractivity contribution in [3.8, 4) is 10.7 Å². The van der Waals surface area contributed by atoms with Crippen molar-refractivity contribution in [2.75, 3.05) is 5.32 Å². The minimum atomic E-state index is -0.187. The van der Waals surface area contributed by atoms with E-state index in [0.717, 1.165) is 9.35 Å². The molecular formula is C14H10BrN3OS2. The molecule has 0 radical (unpaired) electrons. The normalized spacial score (nSPS) is 10.6. The van der Waals surface area contributed by atoms with Crippen LogP contribution in [0.1, 0.15) is 15.2 Å². The molecule has 106 valence electrons. The lowest BCUT2D eigenvalue weighted by molar-refractivity contribution is 0.102. The fraction of sp³-hybridized carbons (Fsp3) is 0.0714. The zero-order valence-corrected chi connectivity index (χ0v) is 14.2. The lowest BCUT2D eigenvalue weighted by Crippen LogP contribution is -2.11. The van der Waals surface area contributed by atoms with Gasteiger partial charge >= 0.3 is 0 Å². The first-order valence-corrected chi connectivity index (χ1v) is 8.47. The number of aromatic nitrogens is 2. The minimum absolute atomic E-state index is 0.187. The van der Waals surface area contributed by atoms with E-state index >= 15 is 0 Å². The van der Waals surface area contributed by atoms with Gasteiger partial charge in [0.25, 0.3) is 5.91 Å². The summed E-state index contributed by atoms with van der Waals surface area (Å²) in [6.45, 7) is 2.04. The highest BCUT2D eigenvalue weighted by molar-refractivity contribution is 9.10. The molecule has 21 heavy (non-hydrogen) atoms. The number of nitrogens with zero attached hydrogens (tertiary/aromatic N) is 2. The number of anilines is 1. The highest BCUT2D eigenvalue weighted by Crippen LogP contribution is 2.27. The minimum Gasteiger partial charge on any atom is -0.297 e. The molecule has 0 aliphatic carbocycles. The van der Waals surface area contributed by atoms with Gasteiger partial charge in [-0.05, 0) is 43.3 Å². The molecule has 3 aromatic rings. The molecule has 0 spiro atoms. The molecule has 2 heterocycles. The Morgan fingerprint density at radius 3 is 2.62 bits per heavy atom. The van der Waals surface area contributed by atoms with Crippen molar-refractivity contribution >= 4 is 49.8 Å². The van der Waals surface area contributed by atoms with Crippen molar-refractivity contribution in [1.29, 1.82) is 0 Å². The third-order valence-electron chi connectivity index (χ3n) is 2.71. The van der Waals surface area contributed by atoms with Gasteiger partial charge in [0.1, 0.15) is 0 Å². The summed E-state index contributed by atoms with van der Waals surface area (Å²) < 4.78 is 5.21. The summed E-state index contributed by atoms with van der Waals surface area (Å²) >= 11 is 6.16. The van der Waals surface area contributed by atoms with E-state index in [9.17, 15) is 4.79 Å². The number of aryl methyl sites for hydroxylation is 1. The number of carbonyl (C=O) groups excluding carboxylic acids is 1. The summed E-state index contributed by atoms with van der Waals surface area (Å²) in [6, 6.07) is 11.2. The first-order chi connectivity index (χ1) is 10.1. The Kier molecular flexibility index (Phi) is 4.14. The average molecular weight is 380 g/mol. The second-order valence-electron chi connectivity index (χ2n) is 4.29.